The molecule has 0 saturated carbocycles. The molecule has 0 bridgehead atoms. The first-order chi connectivity index (χ1) is 14.3. The number of aryl methyl sites for hydroxylation is 1. The molecule has 1 aromatic carbocycles. The molecule has 1 aliphatic rings. The fourth-order valence-corrected chi connectivity index (χ4v) is 4.18. The first-order valence-electron chi connectivity index (χ1n) is 11.4. The topological polar surface area (TPSA) is 50.2 Å². The lowest BCUT2D eigenvalue weighted by atomic mass is 9.99. The molecule has 2 aromatic rings. The van der Waals surface area contributed by atoms with Gasteiger partial charge in [-0.1, -0.05) is 45.0 Å². The van der Waals surface area contributed by atoms with Crippen molar-refractivity contribution in [1.82, 2.24) is 20.0 Å². The second-order valence-electron chi connectivity index (χ2n) is 9.45. The lowest BCUT2D eigenvalue weighted by molar-refractivity contribution is -0.120. The van der Waals surface area contributed by atoms with Crippen LogP contribution in [0.1, 0.15) is 61.7 Å². The monoisotopic (exact) mass is 410 g/mol. The summed E-state index contributed by atoms with van der Waals surface area (Å²) in [6, 6.07) is 8.67. The van der Waals surface area contributed by atoms with E-state index in [1.807, 2.05) is 11.6 Å². The van der Waals surface area contributed by atoms with E-state index in [1.165, 1.54) is 31.5 Å². The van der Waals surface area contributed by atoms with Crippen molar-refractivity contribution in [3.63, 3.8) is 0 Å². The van der Waals surface area contributed by atoms with Gasteiger partial charge < -0.3 is 5.32 Å². The van der Waals surface area contributed by atoms with Crippen molar-refractivity contribution < 1.29 is 4.79 Å². The molecule has 0 radical (unpaired) electrons. The maximum atomic E-state index is 12.5. The molecule has 1 aliphatic heterocycles. The summed E-state index contributed by atoms with van der Waals surface area (Å²) in [6.45, 7) is 15.6. The van der Waals surface area contributed by atoms with Crippen LogP contribution in [0.5, 0.6) is 0 Å². The third kappa shape index (κ3) is 6.18. The van der Waals surface area contributed by atoms with Crippen molar-refractivity contribution in [3.05, 3.63) is 52.3 Å². The largest absolute Gasteiger partial charge is 0.352 e. The Hall–Kier alpha value is -2.14. The number of hydrogen-bond donors (Lipinski definition) is 1. The Balaban J connectivity index is 1.48. The fourth-order valence-electron chi connectivity index (χ4n) is 4.18. The van der Waals surface area contributed by atoms with E-state index in [0.29, 0.717) is 18.9 Å². The number of carbonyl (C=O) groups is 1. The zero-order valence-corrected chi connectivity index (χ0v) is 19.4. The molecule has 0 aliphatic carbocycles. The minimum atomic E-state index is 0.0526. The molecular formula is C25H38N4O. The normalized spacial score (nSPS) is 15.7. The predicted molar refractivity (Wildman–Crippen MR) is 122 cm³/mol. The molecule has 164 valence electrons. The first-order valence-corrected chi connectivity index (χ1v) is 11.4. The van der Waals surface area contributed by atoms with Crippen LogP contribution in [0.2, 0.25) is 0 Å². The van der Waals surface area contributed by atoms with Gasteiger partial charge in [-0.15, -0.1) is 0 Å². The Bertz CT molecular complexity index is 830. The summed E-state index contributed by atoms with van der Waals surface area (Å²) in [5.41, 5.74) is 5.61. The summed E-state index contributed by atoms with van der Waals surface area (Å²) in [4.78, 5) is 15.1. The number of nitrogens with one attached hydrogen (secondary N) is 1. The van der Waals surface area contributed by atoms with Crippen molar-refractivity contribution >= 4 is 5.91 Å². The second kappa shape index (κ2) is 10.3. The van der Waals surface area contributed by atoms with Crippen LogP contribution in [-0.2, 0) is 30.8 Å². The van der Waals surface area contributed by atoms with E-state index in [2.05, 4.69) is 67.3 Å². The van der Waals surface area contributed by atoms with E-state index >= 15 is 0 Å². The van der Waals surface area contributed by atoms with Gasteiger partial charge in [-0.2, -0.15) is 5.10 Å². The van der Waals surface area contributed by atoms with Crippen LogP contribution >= 0.6 is 0 Å². The highest BCUT2D eigenvalue weighted by atomic mass is 16.1. The van der Waals surface area contributed by atoms with Gasteiger partial charge in [0.15, 0.2) is 0 Å². The number of carbonyl (C=O) groups excluding carboxylic acids is 1. The minimum absolute atomic E-state index is 0.0526. The molecule has 30 heavy (non-hydrogen) atoms. The van der Waals surface area contributed by atoms with Crippen LogP contribution in [0.3, 0.4) is 0 Å². The molecule has 5 nitrogen and oxygen atoms in total. The lowest BCUT2D eigenvalue weighted by Crippen LogP contribution is -2.32. The molecule has 0 unspecified atom stereocenters. The zero-order valence-electron chi connectivity index (χ0n) is 19.4. The maximum Gasteiger partial charge on any atom is 0.224 e. The van der Waals surface area contributed by atoms with E-state index in [9.17, 15) is 4.79 Å². The Morgan fingerprint density at radius 1 is 1.13 bits per heavy atom. The summed E-state index contributed by atoms with van der Waals surface area (Å²) in [6.07, 6.45) is 3.00. The van der Waals surface area contributed by atoms with E-state index in [0.717, 1.165) is 41.5 Å². The van der Waals surface area contributed by atoms with Crippen LogP contribution in [0.15, 0.2) is 24.3 Å². The third-order valence-electron chi connectivity index (χ3n) is 6.20. The van der Waals surface area contributed by atoms with Gasteiger partial charge in [0, 0.05) is 30.9 Å². The number of benzene rings is 1. The molecule has 1 saturated heterocycles. The Labute approximate surface area is 181 Å². The highest BCUT2D eigenvalue weighted by molar-refractivity contribution is 5.79. The molecular weight excluding hydrogens is 372 g/mol. The SMILES string of the molecule is Cc1nn(CC(C)C)c(C)c1CC(=O)NCc1ccc(CN2CCC(C)CC2)cc1. The van der Waals surface area contributed by atoms with Crippen molar-refractivity contribution in [3.8, 4) is 0 Å². The van der Waals surface area contributed by atoms with Gasteiger partial charge in [-0.3, -0.25) is 14.4 Å². The number of nitrogens with zero attached hydrogens (tertiary/aromatic N) is 3. The third-order valence-corrected chi connectivity index (χ3v) is 6.20. The fraction of sp³-hybridized carbons (Fsp3) is 0.600. The van der Waals surface area contributed by atoms with Crippen LogP contribution in [0, 0.1) is 25.7 Å². The molecule has 5 heteroatoms. The van der Waals surface area contributed by atoms with Crippen LogP contribution in [0.4, 0.5) is 0 Å². The molecule has 0 atom stereocenters. The summed E-state index contributed by atoms with van der Waals surface area (Å²) < 4.78 is 2.03. The minimum Gasteiger partial charge on any atom is -0.352 e. The summed E-state index contributed by atoms with van der Waals surface area (Å²) in [5.74, 6) is 1.45. The Kier molecular flexibility index (Phi) is 7.70. The highest BCUT2D eigenvalue weighted by Crippen LogP contribution is 2.18. The molecule has 1 aromatic heterocycles. The quantitative estimate of drug-likeness (QED) is 0.708. The standard InChI is InChI=1S/C25H38N4O/c1-18(2)16-29-21(5)24(20(4)27-29)14-25(30)26-15-22-6-8-23(9-7-22)17-28-12-10-19(3)11-13-28/h6-9,18-19H,10-17H2,1-5H3,(H,26,30). The second-order valence-corrected chi connectivity index (χ2v) is 9.45. The average molecular weight is 411 g/mol. The van der Waals surface area contributed by atoms with Gasteiger partial charge in [-0.25, -0.2) is 0 Å². The van der Waals surface area contributed by atoms with E-state index in [4.69, 9.17) is 0 Å². The summed E-state index contributed by atoms with van der Waals surface area (Å²) in [7, 11) is 0. The maximum absolute atomic E-state index is 12.5. The number of hydrogen-bond acceptors (Lipinski definition) is 3. The predicted octanol–water partition coefficient (Wildman–Crippen LogP) is 4.25. The van der Waals surface area contributed by atoms with Gasteiger partial charge in [0.25, 0.3) is 0 Å². The first kappa shape index (κ1) is 22.5. The molecule has 1 amide bonds. The van der Waals surface area contributed by atoms with Crippen molar-refractivity contribution in [2.45, 2.75) is 73.5 Å². The molecule has 3 rings (SSSR count). The van der Waals surface area contributed by atoms with Crippen LogP contribution in [-0.4, -0.2) is 33.7 Å². The number of amides is 1. The Morgan fingerprint density at radius 2 is 1.77 bits per heavy atom. The Morgan fingerprint density at radius 3 is 2.40 bits per heavy atom. The number of aromatic nitrogens is 2. The number of likely N-dealkylation sites (tertiary alicyclic amines) is 1. The van der Waals surface area contributed by atoms with Crippen molar-refractivity contribution in [2.75, 3.05) is 13.1 Å². The van der Waals surface area contributed by atoms with Crippen LogP contribution in [0.25, 0.3) is 0 Å². The summed E-state index contributed by atoms with van der Waals surface area (Å²) >= 11 is 0. The molecule has 2 heterocycles. The lowest BCUT2D eigenvalue weighted by Gasteiger charge is -2.30. The van der Waals surface area contributed by atoms with Crippen molar-refractivity contribution in [2.24, 2.45) is 11.8 Å². The van der Waals surface area contributed by atoms with E-state index < -0.39 is 0 Å². The molecule has 1 N–H and O–H groups in total. The molecule has 1 fully saturated rings. The molecule has 0 spiro atoms. The van der Waals surface area contributed by atoms with Gasteiger partial charge in [0.1, 0.15) is 0 Å². The zero-order chi connectivity index (χ0) is 21.7. The number of piperidine rings is 1. The summed E-state index contributed by atoms with van der Waals surface area (Å²) in [5, 5.41) is 7.69. The number of rotatable bonds is 8. The van der Waals surface area contributed by atoms with E-state index in [-0.39, 0.29) is 5.91 Å². The van der Waals surface area contributed by atoms with Gasteiger partial charge in [-0.05, 0) is 62.7 Å². The highest BCUT2D eigenvalue weighted by Gasteiger charge is 2.17. The van der Waals surface area contributed by atoms with Crippen molar-refractivity contribution in [1.29, 1.82) is 0 Å². The van der Waals surface area contributed by atoms with E-state index in [1.54, 1.807) is 0 Å². The van der Waals surface area contributed by atoms with Gasteiger partial charge >= 0.3 is 0 Å². The van der Waals surface area contributed by atoms with Gasteiger partial charge in [0.05, 0.1) is 12.1 Å². The van der Waals surface area contributed by atoms with Gasteiger partial charge in [0.2, 0.25) is 5.91 Å². The smallest absolute Gasteiger partial charge is 0.224 e. The average Bonchev–Trinajstić information content (AvgIpc) is 2.96. The van der Waals surface area contributed by atoms with Crippen LogP contribution < -0.4 is 5.32 Å².